The highest BCUT2D eigenvalue weighted by atomic mass is 16.5. The summed E-state index contributed by atoms with van der Waals surface area (Å²) >= 11 is 0. The first-order chi connectivity index (χ1) is 9.02. The Hall–Kier alpha value is -2.25. The zero-order valence-electron chi connectivity index (χ0n) is 10.5. The largest absolute Gasteiger partial charge is 0.480 e. The number of carbonyl (C=O) groups excluding carboxylic acids is 1. The molecule has 8 heteroatoms. The summed E-state index contributed by atoms with van der Waals surface area (Å²) in [7, 11) is 1.24. The monoisotopic (exact) mass is 268 g/mol. The molecule has 2 rings (SSSR count). The quantitative estimate of drug-likeness (QED) is 0.628. The fraction of sp³-hybridized carbons (Fsp3) is 0.545. The Balaban J connectivity index is 2.26. The molecule has 0 radical (unpaired) electrons. The van der Waals surface area contributed by atoms with Crippen LogP contribution in [0.25, 0.3) is 0 Å². The molecule has 0 bridgehead atoms. The first kappa shape index (κ1) is 13.2. The highest BCUT2D eigenvalue weighted by Gasteiger charge is 2.26. The van der Waals surface area contributed by atoms with Gasteiger partial charge in [0.05, 0.1) is 7.11 Å². The number of rotatable bonds is 6. The zero-order valence-corrected chi connectivity index (χ0v) is 10.5. The molecule has 1 fully saturated rings. The van der Waals surface area contributed by atoms with E-state index in [1.165, 1.54) is 7.11 Å². The van der Waals surface area contributed by atoms with Gasteiger partial charge in [-0.25, -0.2) is 9.48 Å². The minimum absolute atomic E-state index is 0.00690. The smallest absolute Gasteiger partial charge is 0.345 e. The number of nitrogens with one attached hydrogen (secondary N) is 1. The van der Waals surface area contributed by atoms with Crippen molar-refractivity contribution in [2.24, 2.45) is 5.92 Å². The van der Waals surface area contributed by atoms with E-state index >= 15 is 0 Å². The molecule has 8 nitrogen and oxygen atoms in total. The number of aromatic nitrogens is 2. The van der Waals surface area contributed by atoms with Crippen LogP contribution in [0.5, 0.6) is 0 Å². The van der Waals surface area contributed by atoms with Gasteiger partial charge in [0.15, 0.2) is 5.82 Å². The third-order valence-electron chi connectivity index (χ3n) is 2.92. The molecule has 1 heterocycles. The van der Waals surface area contributed by atoms with E-state index in [4.69, 9.17) is 10.8 Å². The summed E-state index contributed by atoms with van der Waals surface area (Å²) in [6.45, 7) is 0.286. The normalized spacial score (nSPS) is 14.2. The van der Waals surface area contributed by atoms with Gasteiger partial charge < -0.3 is 20.9 Å². The Morgan fingerprint density at radius 3 is 2.79 bits per heavy atom. The number of nitrogens with two attached hydrogens (primary N) is 1. The summed E-state index contributed by atoms with van der Waals surface area (Å²) in [4.78, 5) is 22.4. The van der Waals surface area contributed by atoms with Crippen molar-refractivity contribution in [1.82, 2.24) is 9.78 Å². The van der Waals surface area contributed by atoms with Crippen LogP contribution in [0.15, 0.2) is 0 Å². The molecule has 104 valence electrons. The number of methoxy groups -OCH3 is 1. The van der Waals surface area contributed by atoms with Crippen LogP contribution in [0.1, 0.15) is 23.2 Å². The minimum atomic E-state index is -1.08. The van der Waals surface area contributed by atoms with Crippen LogP contribution < -0.4 is 11.1 Å². The Labute approximate surface area is 109 Å². The van der Waals surface area contributed by atoms with Crippen molar-refractivity contribution in [3.63, 3.8) is 0 Å². The molecule has 1 aromatic heterocycles. The van der Waals surface area contributed by atoms with Crippen molar-refractivity contribution < 1.29 is 19.4 Å². The van der Waals surface area contributed by atoms with Crippen LogP contribution in [-0.4, -0.2) is 40.5 Å². The third kappa shape index (κ3) is 2.95. The van der Waals surface area contributed by atoms with Crippen molar-refractivity contribution in [3.8, 4) is 0 Å². The van der Waals surface area contributed by atoms with Crippen LogP contribution in [0.4, 0.5) is 11.6 Å². The molecule has 1 aliphatic carbocycles. The second kappa shape index (κ2) is 5.17. The van der Waals surface area contributed by atoms with Crippen molar-refractivity contribution in [3.05, 3.63) is 5.56 Å². The predicted octanol–water partition coefficient (Wildman–Crippen LogP) is 0.158. The number of carboxylic acid groups (broad SMARTS) is 1. The lowest BCUT2D eigenvalue weighted by Crippen LogP contribution is -2.13. The maximum absolute atomic E-state index is 11.7. The molecule has 0 saturated heterocycles. The van der Waals surface area contributed by atoms with E-state index < -0.39 is 18.5 Å². The molecule has 0 aliphatic heterocycles. The van der Waals surface area contributed by atoms with Crippen molar-refractivity contribution in [2.75, 3.05) is 24.7 Å². The number of hydrogen-bond donors (Lipinski definition) is 3. The Bertz CT molecular complexity index is 507. The Morgan fingerprint density at radius 1 is 1.58 bits per heavy atom. The first-order valence-electron chi connectivity index (χ1n) is 5.93. The number of anilines is 2. The summed E-state index contributed by atoms with van der Waals surface area (Å²) in [5.41, 5.74) is 5.83. The number of carbonyl (C=O) groups is 2. The molecule has 1 aromatic rings. The fourth-order valence-corrected chi connectivity index (χ4v) is 1.71. The van der Waals surface area contributed by atoms with Gasteiger partial charge >= 0.3 is 11.9 Å². The molecule has 19 heavy (non-hydrogen) atoms. The van der Waals surface area contributed by atoms with E-state index in [9.17, 15) is 9.59 Å². The summed E-state index contributed by atoms with van der Waals surface area (Å²) in [5.74, 6) is -0.867. The fourth-order valence-electron chi connectivity index (χ4n) is 1.71. The Morgan fingerprint density at radius 2 is 2.26 bits per heavy atom. The zero-order chi connectivity index (χ0) is 14.0. The predicted molar refractivity (Wildman–Crippen MR) is 66.8 cm³/mol. The van der Waals surface area contributed by atoms with E-state index in [0.717, 1.165) is 17.5 Å². The summed E-state index contributed by atoms with van der Waals surface area (Å²) in [5, 5.41) is 15.8. The van der Waals surface area contributed by atoms with E-state index in [1.807, 2.05) is 0 Å². The van der Waals surface area contributed by atoms with Gasteiger partial charge in [0.2, 0.25) is 0 Å². The standard InChI is InChI=1S/C11H16N4O4/c1-19-11(18)8-9(12)15(5-7(16)17)14-10(8)13-4-6-2-3-6/h6H,2-5,12H2,1H3,(H,13,14)(H,16,17). The molecule has 1 aliphatic rings. The summed E-state index contributed by atoms with van der Waals surface area (Å²) in [6.07, 6.45) is 2.29. The van der Waals surface area contributed by atoms with E-state index in [-0.39, 0.29) is 17.2 Å². The van der Waals surface area contributed by atoms with Crippen molar-refractivity contribution in [1.29, 1.82) is 0 Å². The molecule has 0 atom stereocenters. The van der Waals surface area contributed by atoms with Crippen LogP contribution in [0.3, 0.4) is 0 Å². The summed E-state index contributed by atoms with van der Waals surface area (Å²) < 4.78 is 5.71. The number of hydrogen-bond acceptors (Lipinski definition) is 6. The lowest BCUT2D eigenvalue weighted by Gasteiger charge is -2.03. The van der Waals surface area contributed by atoms with Gasteiger partial charge in [-0.1, -0.05) is 0 Å². The summed E-state index contributed by atoms with van der Waals surface area (Å²) in [6, 6.07) is 0. The maximum Gasteiger partial charge on any atom is 0.345 e. The number of carboxylic acids is 1. The highest BCUT2D eigenvalue weighted by molar-refractivity contribution is 5.99. The second-order valence-corrected chi connectivity index (χ2v) is 4.48. The number of nitrogens with zero attached hydrogens (tertiary/aromatic N) is 2. The van der Waals surface area contributed by atoms with Crippen LogP contribution in [0.2, 0.25) is 0 Å². The number of esters is 1. The van der Waals surface area contributed by atoms with Gasteiger partial charge in [-0.15, -0.1) is 0 Å². The van der Waals surface area contributed by atoms with E-state index in [0.29, 0.717) is 12.5 Å². The second-order valence-electron chi connectivity index (χ2n) is 4.48. The van der Waals surface area contributed by atoms with Crippen molar-refractivity contribution >= 4 is 23.6 Å². The minimum Gasteiger partial charge on any atom is -0.480 e. The number of nitrogen functional groups attached to an aromatic ring is 1. The molecule has 0 unspecified atom stereocenters. The molecule has 1 saturated carbocycles. The van der Waals surface area contributed by atoms with Gasteiger partial charge in [-0.05, 0) is 18.8 Å². The molecule has 0 amide bonds. The average Bonchev–Trinajstić information content (AvgIpc) is 3.13. The van der Waals surface area contributed by atoms with E-state index in [1.54, 1.807) is 0 Å². The third-order valence-corrected chi connectivity index (χ3v) is 2.92. The topological polar surface area (TPSA) is 119 Å². The lowest BCUT2D eigenvalue weighted by molar-refractivity contribution is -0.137. The lowest BCUT2D eigenvalue weighted by atomic mass is 10.3. The van der Waals surface area contributed by atoms with Gasteiger partial charge in [0.25, 0.3) is 0 Å². The number of ether oxygens (including phenoxy) is 1. The maximum atomic E-state index is 11.7. The molecule has 0 aromatic carbocycles. The SMILES string of the molecule is COC(=O)c1c(NCC2CC2)nn(CC(=O)O)c1N. The average molecular weight is 268 g/mol. The first-order valence-corrected chi connectivity index (χ1v) is 5.93. The van der Waals surface area contributed by atoms with Gasteiger partial charge in [-0.2, -0.15) is 5.10 Å². The van der Waals surface area contributed by atoms with Gasteiger partial charge in [0.1, 0.15) is 17.9 Å². The van der Waals surface area contributed by atoms with Crippen molar-refractivity contribution in [2.45, 2.75) is 19.4 Å². The van der Waals surface area contributed by atoms with Crippen LogP contribution in [-0.2, 0) is 16.1 Å². The Kier molecular flexibility index (Phi) is 3.59. The molecular formula is C11H16N4O4. The van der Waals surface area contributed by atoms with Gasteiger partial charge in [-0.3, -0.25) is 4.79 Å². The van der Waals surface area contributed by atoms with Crippen LogP contribution >= 0.6 is 0 Å². The number of aliphatic carboxylic acids is 1. The van der Waals surface area contributed by atoms with Crippen LogP contribution in [0, 0.1) is 5.92 Å². The van der Waals surface area contributed by atoms with Gasteiger partial charge in [0, 0.05) is 6.54 Å². The highest BCUT2D eigenvalue weighted by Crippen LogP contribution is 2.30. The molecular weight excluding hydrogens is 252 g/mol. The molecule has 4 N–H and O–H groups in total. The molecule has 0 spiro atoms. The van der Waals surface area contributed by atoms with E-state index in [2.05, 4.69) is 15.2 Å².